The number of nitrogens with one attached hydrogen (secondary N) is 1. The fourth-order valence-corrected chi connectivity index (χ4v) is 3.41. The van der Waals surface area contributed by atoms with Gasteiger partial charge in [-0.3, -0.25) is 0 Å². The summed E-state index contributed by atoms with van der Waals surface area (Å²) in [7, 11) is 0. The molecule has 0 aliphatic heterocycles. The maximum atomic E-state index is 13.6. The van der Waals surface area contributed by atoms with Crippen molar-refractivity contribution in [1.29, 1.82) is 0 Å². The van der Waals surface area contributed by atoms with Crippen molar-refractivity contribution in [3.05, 3.63) is 35.1 Å². The largest absolute Gasteiger partial charge is 0.307 e. The van der Waals surface area contributed by atoms with E-state index in [2.05, 4.69) is 12.2 Å². The lowest BCUT2D eigenvalue weighted by molar-refractivity contribution is 0.328. The van der Waals surface area contributed by atoms with Gasteiger partial charge in [0.15, 0.2) is 0 Å². The molecule has 2 heteroatoms. The third-order valence-electron chi connectivity index (χ3n) is 4.74. The summed E-state index contributed by atoms with van der Waals surface area (Å²) in [5.74, 6) is 1.80. The molecule has 0 bridgehead atoms. The minimum atomic E-state index is -0.0888. The van der Waals surface area contributed by atoms with Gasteiger partial charge in [0.2, 0.25) is 0 Å². The molecule has 2 aliphatic rings. The van der Waals surface area contributed by atoms with Gasteiger partial charge in [-0.1, -0.05) is 25.0 Å². The molecule has 0 radical (unpaired) electrons. The predicted octanol–water partition coefficient (Wildman–Crippen LogP) is 3.97. The van der Waals surface area contributed by atoms with Crippen molar-refractivity contribution in [2.24, 2.45) is 11.8 Å². The second kappa shape index (κ2) is 4.65. The van der Waals surface area contributed by atoms with Crippen LogP contribution in [0.4, 0.5) is 4.39 Å². The van der Waals surface area contributed by atoms with Gasteiger partial charge in [-0.2, -0.15) is 0 Å². The maximum absolute atomic E-state index is 13.6. The van der Waals surface area contributed by atoms with Gasteiger partial charge in [0, 0.05) is 12.1 Å². The Hall–Kier alpha value is -0.890. The Balaban J connectivity index is 1.66. The highest BCUT2D eigenvalue weighted by atomic mass is 19.1. The maximum Gasteiger partial charge on any atom is 0.126 e. The van der Waals surface area contributed by atoms with Crippen LogP contribution in [0.15, 0.2) is 18.2 Å². The van der Waals surface area contributed by atoms with Crippen LogP contribution in [-0.2, 0) is 0 Å². The topological polar surface area (TPSA) is 12.0 Å². The molecule has 18 heavy (non-hydrogen) atoms. The highest BCUT2D eigenvalue weighted by Gasteiger charge is 2.45. The van der Waals surface area contributed by atoms with E-state index in [1.807, 2.05) is 19.1 Å². The van der Waals surface area contributed by atoms with Gasteiger partial charge in [-0.15, -0.1) is 0 Å². The first-order chi connectivity index (χ1) is 8.65. The lowest BCUT2D eigenvalue weighted by Gasteiger charge is -2.27. The zero-order chi connectivity index (χ0) is 12.7. The van der Waals surface area contributed by atoms with Crippen molar-refractivity contribution in [2.45, 2.75) is 51.6 Å². The van der Waals surface area contributed by atoms with Crippen molar-refractivity contribution in [2.75, 3.05) is 0 Å². The molecule has 0 saturated heterocycles. The van der Waals surface area contributed by atoms with Crippen molar-refractivity contribution in [3.8, 4) is 0 Å². The lowest BCUT2D eigenvalue weighted by Crippen LogP contribution is -2.35. The number of hydrogen-bond donors (Lipinski definition) is 1. The third-order valence-corrected chi connectivity index (χ3v) is 4.74. The van der Waals surface area contributed by atoms with E-state index in [0.29, 0.717) is 6.04 Å². The molecule has 0 amide bonds. The van der Waals surface area contributed by atoms with Crippen LogP contribution in [-0.4, -0.2) is 6.04 Å². The molecule has 1 aromatic carbocycles. The molecule has 2 fully saturated rings. The highest BCUT2D eigenvalue weighted by molar-refractivity contribution is 5.25. The average molecular weight is 247 g/mol. The van der Waals surface area contributed by atoms with Crippen LogP contribution in [0.3, 0.4) is 0 Å². The molecule has 1 nitrogen and oxygen atoms in total. The van der Waals surface area contributed by atoms with E-state index in [9.17, 15) is 4.39 Å². The minimum absolute atomic E-state index is 0.0888. The van der Waals surface area contributed by atoms with Gasteiger partial charge in [0.05, 0.1) is 0 Å². The summed E-state index contributed by atoms with van der Waals surface area (Å²) >= 11 is 0. The number of rotatable bonds is 3. The summed E-state index contributed by atoms with van der Waals surface area (Å²) in [6.45, 7) is 3.96. The SMILES string of the molecule is Cc1ccc(C(C)NC2CCC[C@H]3C[C@@H]23)cc1F. The summed E-state index contributed by atoms with van der Waals surface area (Å²) in [5, 5.41) is 3.71. The molecule has 1 aromatic rings. The van der Waals surface area contributed by atoms with E-state index >= 15 is 0 Å². The van der Waals surface area contributed by atoms with Gasteiger partial charge in [0.25, 0.3) is 0 Å². The van der Waals surface area contributed by atoms with E-state index in [0.717, 1.165) is 23.0 Å². The average Bonchev–Trinajstić information content (AvgIpc) is 3.13. The molecule has 0 heterocycles. The summed E-state index contributed by atoms with van der Waals surface area (Å²) in [6.07, 6.45) is 5.48. The molecule has 0 aromatic heterocycles. The monoisotopic (exact) mass is 247 g/mol. The Morgan fingerprint density at radius 3 is 2.94 bits per heavy atom. The highest BCUT2D eigenvalue weighted by Crippen LogP contribution is 2.49. The van der Waals surface area contributed by atoms with Gasteiger partial charge in [-0.25, -0.2) is 4.39 Å². The van der Waals surface area contributed by atoms with Crippen molar-refractivity contribution in [3.63, 3.8) is 0 Å². The van der Waals surface area contributed by atoms with E-state index in [4.69, 9.17) is 0 Å². The smallest absolute Gasteiger partial charge is 0.126 e. The van der Waals surface area contributed by atoms with E-state index in [-0.39, 0.29) is 11.9 Å². The molecular formula is C16H22FN. The van der Waals surface area contributed by atoms with Crippen molar-refractivity contribution in [1.82, 2.24) is 5.32 Å². The number of hydrogen-bond acceptors (Lipinski definition) is 1. The zero-order valence-electron chi connectivity index (χ0n) is 11.2. The molecular weight excluding hydrogens is 225 g/mol. The number of benzene rings is 1. The summed E-state index contributed by atoms with van der Waals surface area (Å²) in [6, 6.07) is 6.51. The van der Waals surface area contributed by atoms with E-state index < -0.39 is 0 Å². The second-order valence-electron chi connectivity index (χ2n) is 6.09. The quantitative estimate of drug-likeness (QED) is 0.852. The Morgan fingerprint density at radius 2 is 2.17 bits per heavy atom. The fourth-order valence-electron chi connectivity index (χ4n) is 3.41. The molecule has 3 rings (SSSR count). The molecule has 2 unspecified atom stereocenters. The van der Waals surface area contributed by atoms with Gasteiger partial charge in [-0.05, 0) is 55.7 Å². The Kier molecular flexibility index (Phi) is 3.14. The normalized spacial score (nSPS) is 31.8. The lowest BCUT2D eigenvalue weighted by atomic mass is 9.94. The van der Waals surface area contributed by atoms with Crippen LogP contribution in [0.1, 0.15) is 49.8 Å². The summed E-state index contributed by atoms with van der Waals surface area (Å²) in [5.41, 5.74) is 1.80. The Labute approximate surface area is 109 Å². The van der Waals surface area contributed by atoms with Crippen LogP contribution in [0.25, 0.3) is 0 Å². The second-order valence-corrected chi connectivity index (χ2v) is 6.09. The van der Waals surface area contributed by atoms with Gasteiger partial charge in [0.1, 0.15) is 5.82 Å². The predicted molar refractivity (Wildman–Crippen MR) is 71.9 cm³/mol. The fraction of sp³-hybridized carbons (Fsp3) is 0.625. The van der Waals surface area contributed by atoms with Crippen LogP contribution in [0.2, 0.25) is 0 Å². The van der Waals surface area contributed by atoms with E-state index in [1.165, 1.54) is 25.7 Å². The third kappa shape index (κ3) is 2.31. The standard InChI is InChI=1S/C16H22FN/c1-10-6-7-12(9-15(10)17)11(2)18-16-5-3-4-13-8-14(13)16/h6-7,9,11,13-14,16,18H,3-5,8H2,1-2H3/t11?,13-,14+,16?/m0/s1. The summed E-state index contributed by atoms with van der Waals surface area (Å²) in [4.78, 5) is 0. The number of fused-ring (bicyclic) bond motifs is 1. The first kappa shape index (κ1) is 12.2. The molecule has 1 N–H and O–H groups in total. The molecule has 2 saturated carbocycles. The Morgan fingerprint density at radius 1 is 1.33 bits per heavy atom. The molecule has 2 aliphatic carbocycles. The molecule has 0 spiro atoms. The number of halogens is 1. The van der Waals surface area contributed by atoms with Gasteiger partial charge >= 0.3 is 0 Å². The zero-order valence-corrected chi connectivity index (χ0v) is 11.2. The van der Waals surface area contributed by atoms with Crippen LogP contribution < -0.4 is 5.32 Å². The van der Waals surface area contributed by atoms with Crippen molar-refractivity contribution < 1.29 is 4.39 Å². The first-order valence-electron chi connectivity index (χ1n) is 7.17. The molecule has 98 valence electrons. The molecule has 4 atom stereocenters. The van der Waals surface area contributed by atoms with Crippen LogP contribution in [0.5, 0.6) is 0 Å². The van der Waals surface area contributed by atoms with Crippen LogP contribution in [0, 0.1) is 24.6 Å². The summed E-state index contributed by atoms with van der Waals surface area (Å²) < 4.78 is 13.6. The first-order valence-corrected chi connectivity index (χ1v) is 7.17. The van der Waals surface area contributed by atoms with Gasteiger partial charge < -0.3 is 5.32 Å². The van der Waals surface area contributed by atoms with E-state index in [1.54, 1.807) is 6.07 Å². The minimum Gasteiger partial charge on any atom is -0.307 e. The Bertz CT molecular complexity index is 443. The van der Waals surface area contributed by atoms with Crippen LogP contribution >= 0.6 is 0 Å². The van der Waals surface area contributed by atoms with Crippen molar-refractivity contribution >= 4 is 0 Å². The number of aryl methyl sites for hydroxylation is 1.